The van der Waals surface area contributed by atoms with Crippen LogP contribution in [0.2, 0.25) is 0 Å². The van der Waals surface area contributed by atoms with Gasteiger partial charge in [-0.3, -0.25) is 5.48 Å². The van der Waals surface area contributed by atoms with Gasteiger partial charge >= 0.3 is 0 Å². The SMILES string of the molecule is ClCC1(c2cncnc2)N=CNO1. The Bertz CT molecular complexity index is 318. The molecule has 0 fully saturated rings. The molecule has 1 atom stereocenters. The molecule has 5 nitrogen and oxygen atoms in total. The van der Waals surface area contributed by atoms with Gasteiger partial charge in [0.1, 0.15) is 12.7 Å². The second-order valence-electron chi connectivity index (χ2n) is 2.52. The molecule has 1 aromatic rings. The second-order valence-corrected chi connectivity index (χ2v) is 2.79. The van der Waals surface area contributed by atoms with Crippen LogP contribution in [0.25, 0.3) is 0 Å². The Labute approximate surface area is 79.8 Å². The van der Waals surface area contributed by atoms with Gasteiger partial charge in [-0.25, -0.2) is 19.8 Å². The topological polar surface area (TPSA) is 59.4 Å². The lowest BCUT2D eigenvalue weighted by Gasteiger charge is -2.20. The summed E-state index contributed by atoms with van der Waals surface area (Å²) in [6.07, 6.45) is 6.15. The smallest absolute Gasteiger partial charge is 0.228 e. The van der Waals surface area contributed by atoms with E-state index in [0.29, 0.717) is 0 Å². The second kappa shape index (κ2) is 3.27. The van der Waals surface area contributed by atoms with Crippen LogP contribution >= 0.6 is 11.6 Å². The zero-order chi connectivity index (χ0) is 9.15. The Kier molecular flexibility index (Phi) is 2.12. The van der Waals surface area contributed by atoms with E-state index in [1.54, 1.807) is 12.4 Å². The molecule has 2 heterocycles. The van der Waals surface area contributed by atoms with Gasteiger partial charge in [0.05, 0.1) is 5.88 Å². The van der Waals surface area contributed by atoms with Crippen LogP contribution < -0.4 is 5.48 Å². The van der Waals surface area contributed by atoms with E-state index in [2.05, 4.69) is 20.4 Å². The first kappa shape index (κ1) is 8.40. The van der Waals surface area contributed by atoms with E-state index in [-0.39, 0.29) is 5.88 Å². The average molecular weight is 199 g/mol. The molecule has 0 spiro atoms. The number of alkyl halides is 1. The molecule has 1 unspecified atom stereocenters. The fraction of sp³-hybridized carbons (Fsp3) is 0.286. The molecule has 0 bridgehead atoms. The van der Waals surface area contributed by atoms with E-state index in [9.17, 15) is 0 Å². The van der Waals surface area contributed by atoms with Crippen molar-refractivity contribution in [2.24, 2.45) is 4.99 Å². The van der Waals surface area contributed by atoms with Gasteiger partial charge in [-0.15, -0.1) is 11.6 Å². The molecule has 13 heavy (non-hydrogen) atoms. The molecule has 2 rings (SSSR count). The van der Waals surface area contributed by atoms with Gasteiger partial charge in [-0.05, 0) is 0 Å². The Morgan fingerprint density at radius 1 is 1.46 bits per heavy atom. The number of halogens is 1. The predicted octanol–water partition coefficient (Wildman–Crippen LogP) is 0.431. The highest BCUT2D eigenvalue weighted by Gasteiger charge is 2.35. The van der Waals surface area contributed by atoms with Gasteiger partial charge in [-0.2, -0.15) is 0 Å². The lowest BCUT2D eigenvalue weighted by Crippen LogP contribution is -2.29. The number of aliphatic imine (C=N–C) groups is 1. The molecule has 0 amide bonds. The number of rotatable bonds is 2. The first-order chi connectivity index (χ1) is 6.37. The number of hydroxylamine groups is 1. The molecule has 0 saturated carbocycles. The van der Waals surface area contributed by atoms with Crippen LogP contribution in [0.15, 0.2) is 23.7 Å². The van der Waals surface area contributed by atoms with Crippen molar-refractivity contribution >= 4 is 17.9 Å². The molecule has 0 aliphatic carbocycles. The van der Waals surface area contributed by atoms with Crippen molar-refractivity contribution in [3.8, 4) is 0 Å². The first-order valence-corrected chi connectivity index (χ1v) is 4.19. The fourth-order valence-electron chi connectivity index (χ4n) is 1.05. The lowest BCUT2D eigenvalue weighted by atomic mass is 10.1. The number of aromatic nitrogens is 2. The standard InChI is InChI=1S/C7H7ClN4O/c8-3-7(11-5-12-13-7)6-1-9-4-10-2-6/h1-2,4-5H,3H2,(H,11,12). The third kappa shape index (κ3) is 1.36. The zero-order valence-electron chi connectivity index (χ0n) is 6.64. The van der Waals surface area contributed by atoms with Crippen LogP contribution in [0.1, 0.15) is 5.56 Å². The third-order valence-corrected chi connectivity index (χ3v) is 2.11. The summed E-state index contributed by atoms with van der Waals surface area (Å²) in [6, 6.07) is 0. The third-order valence-electron chi connectivity index (χ3n) is 1.75. The van der Waals surface area contributed by atoms with Gasteiger partial charge < -0.3 is 0 Å². The molecule has 1 N–H and O–H groups in total. The molecule has 6 heteroatoms. The number of hydrogen-bond acceptors (Lipinski definition) is 5. The maximum Gasteiger partial charge on any atom is 0.228 e. The maximum atomic E-state index is 5.76. The van der Waals surface area contributed by atoms with Crippen molar-refractivity contribution in [3.63, 3.8) is 0 Å². The van der Waals surface area contributed by atoms with Crippen LogP contribution in [0, 0.1) is 0 Å². The van der Waals surface area contributed by atoms with Crippen LogP contribution in [-0.2, 0) is 10.6 Å². The lowest BCUT2D eigenvalue weighted by molar-refractivity contribution is -0.0423. The molecule has 0 saturated heterocycles. The fourth-order valence-corrected chi connectivity index (χ4v) is 1.33. The van der Waals surface area contributed by atoms with Gasteiger partial charge in [-0.1, -0.05) is 0 Å². The largest absolute Gasteiger partial charge is 0.253 e. The van der Waals surface area contributed by atoms with Crippen molar-refractivity contribution in [3.05, 3.63) is 24.3 Å². The maximum absolute atomic E-state index is 5.76. The molecular formula is C7H7ClN4O. The molecule has 1 aromatic heterocycles. The Morgan fingerprint density at radius 3 is 2.77 bits per heavy atom. The predicted molar refractivity (Wildman–Crippen MR) is 47.1 cm³/mol. The highest BCUT2D eigenvalue weighted by atomic mass is 35.5. The van der Waals surface area contributed by atoms with Crippen LogP contribution in [-0.4, -0.2) is 22.2 Å². The highest BCUT2D eigenvalue weighted by Crippen LogP contribution is 2.28. The van der Waals surface area contributed by atoms with E-state index in [4.69, 9.17) is 16.4 Å². The number of hydrogen-bond donors (Lipinski definition) is 1. The van der Waals surface area contributed by atoms with E-state index in [1.165, 1.54) is 12.7 Å². The van der Waals surface area contributed by atoms with E-state index in [1.807, 2.05) is 0 Å². The van der Waals surface area contributed by atoms with Crippen molar-refractivity contribution < 1.29 is 4.84 Å². The Balaban J connectivity index is 2.37. The van der Waals surface area contributed by atoms with Crippen LogP contribution in [0.3, 0.4) is 0 Å². The summed E-state index contributed by atoms with van der Waals surface area (Å²) in [5.41, 5.74) is 2.39. The Morgan fingerprint density at radius 2 is 2.23 bits per heavy atom. The van der Waals surface area contributed by atoms with E-state index < -0.39 is 5.72 Å². The molecule has 1 aliphatic rings. The summed E-state index contributed by atoms with van der Waals surface area (Å²) < 4.78 is 0. The van der Waals surface area contributed by atoms with E-state index >= 15 is 0 Å². The zero-order valence-corrected chi connectivity index (χ0v) is 7.40. The van der Waals surface area contributed by atoms with Crippen molar-refractivity contribution in [1.29, 1.82) is 0 Å². The normalized spacial score (nSPS) is 25.9. The van der Waals surface area contributed by atoms with E-state index in [0.717, 1.165) is 5.56 Å². The molecule has 68 valence electrons. The minimum Gasteiger partial charge on any atom is -0.253 e. The van der Waals surface area contributed by atoms with Gasteiger partial charge in [0.25, 0.3) is 0 Å². The summed E-state index contributed by atoms with van der Waals surface area (Å²) in [4.78, 5) is 17.0. The highest BCUT2D eigenvalue weighted by molar-refractivity contribution is 6.18. The van der Waals surface area contributed by atoms with Crippen molar-refractivity contribution in [2.75, 3.05) is 5.88 Å². The number of nitrogens with one attached hydrogen (secondary N) is 1. The number of nitrogens with zero attached hydrogens (tertiary/aromatic N) is 3. The summed E-state index contributed by atoms with van der Waals surface area (Å²) in [5.74, 6) is 0.212. The summed E-state index contributed by atoms with van der Waals surface area (Å²) in [7, 11) is 0. The summed E-state index contributed by atoms with van der Waals surface area (Å²) in [6.45, 7) is 0. The van der Waals surface area contributed by atoms with Crippen LogP contribution in [0.5, 0.6) is 0 Å². The van der Waals surface area contributed by atoms with Gasteiger partial charge in [0.2, 0.25) is 5.72 Å². The first-order valence-electron chi connectivity index (χ1n) is 3.66. The molecular weight excluding hydrogens is 192 g/mol. The van der Waals surface area contributed by atoms with Crippen LogP contribution in [0.4, 0.5) is 0 Å². The molecule has 1 aliphatic heterocycles. The quantitative estimate of drug-likeness (QED) is 0.701. The summed E-state index contributed by atoms with van der Waals surface area (Å²) >= 11 is 5.76. The molecule has 0 aromatic carbocycles. The summed E-state index contributed by atoms with van der Waals surface area (Å²) in [5, 5.41) is 0. The van der Waals surface area contributed by atoms with Crippen molar-refractivity contribution in [2.45, 2.75) is 5.72 Å². The minimum absolute atomic E-state index is 0.212. The molecule has 0 radical (unpaired) electrons. The van der Waals surface area contributed by atoms with Gasteiger partial charge in [0, 0.05) is 18.0 Å². The van der Waals surface area contributed by atoms with Gasteiger partial charge in [0.15, 0.2) is 0 Å². The average Bonchev–Trinajstić information content (AvgIpc) is 2.69. The van der Waals surface area contributed by atoms with Crippen molar-refractivity contribution in [1.82, 2.24) is 15.4 Å². The minimum atomic E-state index is -0.872. The monoisotopic (exact) mass is 198 g/mol. The Hall–Kier alpha value is -1.20.